The summed E-state index contributed by atoms with van der Waals surface area (Å²) >= 11 is 1.57. The van der Waals surface area contributed by atoms with E-state index in [0.29, 0.717) is 18.3 Å². The second-order valence-electron chi connectivity index (χ2n) is 7.22. The van der Waals surface area contributed by atoms with Gasteiger partial charge < -0.3 is 10.2 Å². The van der Waals surface area contributed by atoms with E-state index in [-0.39, 0.29) is 5.91 Å². The number of hydrogen-bond donors (Lipinski definition) is 2. The molecule has 6 nitrogen and oxygen atoms in total. The number of thiazole rings is 1. The van der Waals surface area contributed by atoms with E-state index in [2.05, 4.69) is 22.3 Å². The number of aromatic nitrogens is 3. The molecule has 7 heteroatoms. The van der Waals surface area contributed by atoms with Crippen molar-refractivity contribution in [2.45, 2.75) is 26.7 Å². The van der Waals surface area contributed by atoms with Crippen LogP contribution < -0.4 is 10.2 Å². The average molecular weight is 371 g/mol. The van der Waals surface area contributed by atoms with Crippen molar-refractivity contribution >= 4 is 33.3 Å². The summed E-state index contributed by atoms with van der Waals surface area (Å²) in [6, 6.07) is 9.92. The Morgan fingerprint density at radius 1 is 1.42 bits per heavy atom. The van der Waals surface area contributed by atoms with Crippen molar-refractivity contribution in [3.63, 3.8) is 0 Å². The third kappa shape index (κ3) is 3.64. The van der Waals surface area contributed by atoms with E-state index in [4.69, 9.17) is 0 Å². The van der Waals surface area contributed by atoms with Crippen LogP contribution in [0.1, 0.15) is 25.5 Å². The van der Waals surface area contributed by atoms with Crippen LogP contribution in [0.5, 0.6) is 0 Å². The van der Waals surface area contributed by atoms with Crippen molar-refractivity contribution in [3.05, 3.63) is 36.0 Å². The summed E-state index contributed by atoms with van der Waals surface area (Å²) in [5.41, 5.74) is 1.81. The van der Waals surface area contributed by atoms with E-state index in [1.807, 2.05) is 37.3 Å². The average Bonchev–Trinajstić information content (AvgIpc) is 3.17. The summed E-state index contributed by atoms with van der Waals surface area (Å²) in [4.78, 5) is 18.6. The zero-order valence-corrected chi connectivity index (χ0v) is 16.0. The van der Waals surface area contributed by atoms with Crippen LogP contribution in [-0.4, -0.2) is 40.3 Å². The minimum absolute atomic E-state index is 0.0383. The number of anilines is 1. The lowest BCUT2D eigenvalue weighted by atomic mass is 10.0. The lowest BCUT2D eigenvalue weighted by molar-refractivity contribution is -0.900. The molecule has 1 saturated heterocycles. The maximum Gasteiger partial charge on any atom is 0.280 e. The van der Waals surface area contributed by atoms with E-state index in [0.717, 1.165) is 34.1 Å². The van der Waals surface area contributed by atoms with E-state index in [9.17, 15) is 4.79 Å². The number of aryl methyl sites for hydroxylation is 1. The first kappa shape index (κ1) is 17.2. The first-order valence-electron chi connectivity index (χ1n) is 9.14. The Bertz CT molecular complexity index is 898. The zero-order valence-electron chi connectivity index (χ0n) is 15.2. The van der Waals surface area contributed by atoms with Crippen LogP contribution in [0.2, 0.25) is 0 Å². The number of para-hydroxylation sites is 1. The number of benzene rings is 1. The van der Waals surface area contributed by atoms with Crippen molar-refractivity contribution in [2.24, 2.45) is 5.92 Å². The molecule has 1 aliphatic heterocycles. The molecule has 1 aliphatic rings. The normalized spacial score (nSPS) is 20.4. The molecule has 2 atom stereocenters. The molecular formula is C19H24N5OS+. The van der Waals surface area contributed by atoms with E-state index in [1.165, 1.54) is 17.7 Å². The molecule has 0 saturated carbocycles. The van der Waals surface area contributed by atoms with Crippen LogP contribution >= 0.6 is 11.3 Å². The number of amides is 1. The fraction of sp³-hybridized carbons (Fsp3) is 0.421. The van der Waals surface area contributed by atoms with E-state index in [1.54, 1.807) is 16.0 Å². The predicted octanol–water partition coefficient (Wildman–Crippen LogP) is 2.04. The standard InChI is InChI=1S/C19H23N5OS/c1-13-6-5-9-23(11-13)12-18(25)21-17-10-14(2)22-24(17)19-20-15-7-3-4-8-16(15)26-19/h3-4,7-8,10,13H,5-6,9,11-12H2,1-2H3,(H,21,25)/p+1/t13-/m0/s1. The molecule has 0 aliphatic carbocycles. The van der Waals surface area contributed by atoms with Crippen LogP contribution in [0, 0.1) is 12.8 Å². The summed E-state index contributed by atoms with van der Waals surface area (Å²) in [5.74, 6) is 1.43. The van der Waals surface area contributed by atoms with Gasteiger partial charge in [0.1, 0.15) is 5.82 Å². The molecule has 3 heterocycles. The van der Waals surface area contributed by atoms with Gasteiger partial charge in [-0.1, -0.05) is 30.4 Å². The molecule has 0 bridgehead atoms. The Hall–Kier alpha value is -2.25. The second-order valence-corrected chi connectivity index (χ2v) is 8.23. The Balaban J connectivity index is 1.53. The zero-order chi connectivity index (χ0) is 18.1. The van der Waals surface area contributed by atoms with Crippen LogP contribution in [0.15, 0.2) is 30.3 Å². The highest BCUT2D eigenvalue weighted by Gasteiger charge is 2.23. The number of quaternary nitrogens is 1. The number of carbonyl (C=O) groups excluding carboxylic acids is 1. The van der Waals surface area contributed by atoms with Crippen molar-refractivity contribution in [1.82, 2.24) is 14.8 Å². The molecule has 26 heavy (non-hydrogen) atoms. The number of nitrogens with one attached hydrogen (secondary N) is 2. The first-order valence-corrected chi connectivity index (χ1v) is 9.96. The number of piperidine rings is 1. The molecule has 2 aromatic heterocycles. The van der Waals surface area contributed by atoms with E-state index < -0.39 is 0 Å². The molecule has 1 amide bonds. The molecule has 2 N–H and O–H groups in total. The molecule has 1 fully saturated rings. The summed E-state index contributed by atoms with van der Waals surface area (Å²) in [6.45, 7) is 6.85. The van der Waals surface area contributed by atoms with Crippen LogP contribution in [0.4, 0.5) is 5.82 Å². The summed E-state index contributed by atoms with van der Waals surface area (Å²) in [5, 5.41) is 8.35. The number of nitrogens with zero attached hydrogens (tertiary/aromatic N) is 3. The number of fused-ring (bicyclic) bond motifs is 1. The van der Waals surface area contributed by atoms with Crippen molar-refractivity contribution in [1.29, 1.82) is 0 Å². The van der Waals surface area contributed by atoms with Gasteiger partial charge in [0.05, 0.1) is 29.0 Å². The maximum absolute atomic E-state index is 12.6. The highest BCUT2D eigenvalue weighted by Crippen LogP contribution is 2.26. The number of likely N-dealkylation sites (tertiary alicyclic amines) is 1. The Labute approximate surface area is 156 Å². The summed E-state index contributed by atoms with van der Waals surface area (Å²) in [6.07, 6.45) is 2.47. The molecular weight excluding hydrogens is 346 g/mol. The SMILES string of the molecule is Cc1cc(NC(=O)C[NH+]2CCC[C@H](C)C2)n(-c2nc3ccccc3s2)n1. The van der Waals surface area contributed by atoms with Crippen LogP contribution in [0.3, 0.4) is 0 Å². The monoisotopic (exact) mass is 370 g/mol. The lowest BCUT2D eigenvalue weighted by Gasteiger charge is -2.27. The molecule has 4 rings (SSSR count). The van der Waals surface area contributed by atoms with Gasteiger partial charge in [0, 0.05) is 12.0 Å². The van der Waals surface area contributed by atoms with Crippen LogP contribution in [-0.2, 0) is 4.79 Å². The van der Waals surface area contributed by atoms with E-state index >= 15 is 0 Å². The highest BCUT2D eigenvalue weighted by atomic mass is 32.1. The van der Waals surface area contributed by atoms with Crippen molar-refractivity contribution < 1.29 is 9.69 Å². The number of hydrogen-bond acceptors (Lipinski definition) is 4. The first-order chi connectivity index (χ1) is 12.6. The van der Waals surface area contributed by atoms with Gasteiger partial charge in [0.2, 0.25) is 5.13 Å². The second kappa shape index (κ2) is 7.17. The summed E-state index contributed by atoms with van der Waals surface area (Å²) < 4.78 is 2.85. The smallest absolute Gasteiger partial charge is 0.280 e. The van der Waals surface area contributed by atoms with Crippen molar-refractivity contribution in [2.75, 3.05) is 25.0 Å². The van der Waals surface area contributed by atoms with Gasteiger partial charge in [-0.05, 0) is 31.9 Å². The molecule has 3 aromatic rings. The minimum atomic E-state index is 0.0383. The molecule has 136 valence electrons. The van der Waals surface area contributed by atoms with Crippen molar-refractivity contribution in [3.8, 4) is 5.13 Å². The number of carbonyl (C=O) groups is 1. The Morgan fingerprint density at radius 2 is 2.27 bits per heavy atom. The van der Waals surface area contributed by atoms with Gasteiger partial charge in [0.25, 0.3) is 5.91 Å². The molecule has 1 unspecified atom stereocenters. The summed E-state index contributed by atoms with van der Waals surface area (Å²) in [7, 11) is 0. The molecule has 1 aromatic carbocycles. The highest BCUT2D eigenvalue weighted by molar-refractivity contribution is 7.20. The van der Waals surface area contributed by atoms with Crippen LogP contribution in [0.25, 0.3) is 15.3 Å². The largest absolute Gasteiger partial charge is 0.327 e. The lowest BCUT2D eigenvalue weighted by Crippen LogP contribution is -3.14. The molecule has 0 spiro atoms. The van der Waals surface area contributed by atoms with Gasteiger partial charge in [-0.25, -0.2) is 4.98 Å². The minimum Gasteiger partial charge on any atom is -0.327 e. The molecule has 0 radical (unpaired) electrons. The maximum atomic E-state index is 12.6. The van der Waals surface area contributed by atoms with Gasteiger partial charge in [0.15, 0.2) is 6.54 Å². The topological polar surface area (TPSA) is 64.2 Å². The Morgan fingerprint density at radius 3 is 3.08 bits per heavy atom. The van der Waals surface area contributed by atoms with Gasteiger partial charge in [-0.15, -0.1) is 0 Å². The van der Waals surface area contributed by atoms with Gasteiger partial charge in [-0.2, -0.15) is 9.78 Å². The third-order valence-corrected chi connectivity index (χ3v) is 5.85. The van der Waals surface area contributed by atoms with Gasteiger partial charge >= 0.3 is 0 Å². The van der Waals surface area contributed by atoms with Gasteiger partial charge in [-0.3, -0.25) is 4.79 Å². The number of rotatable bonds is 4. The fourth-order valence-corrected chi connectivity index (χ4v) is 4.59. The fourth-order valence-electron chi connectivity index (χ4n) is 3.66. The quantitative estimate of drug-likeness (QED) is 0.739. The Kier molecular flexibility index (Phi) is 4.74. The predicted molar refractivity (Wildman–Crippen MR) is 104 cm³/mol. The third-order valence-electron chi connectivity index (χ3n) is 4.84.